The molecule has 0 aromatic heterocycles. The van der Waals surface area contributed by atoms with Crippen LogP contribution in [0.25, 0.3) is 0 Å². The summed E-state index contributed by atoms with van der Waals surface area (Å²) in [6.07, 6.45) is 0. The van der Waals surface area contributed by atoms with Crippen LogP contribution in [0.4, 0.5) is 0 Å². The third kappa shape index (κ3) is 4.06. The lowest BCUT2D eigenvalue weighted by atomic mass is 10.1. The molecule has 1 aromatic carbocycles. The van der Waals surface area contributed by atoms with Crippen LogP contribution in [0.2, 0.25) is 5.02 Å². The second-order valence-corrected chi connectivity index (χ2v) is 6.09. The van der Waals surface area contributed by atoms with E-state index in [0.29, 0.717) is 0 Å². The molecule has 0 saturated heterocycles. The van der Waals surface area contributed by atoms with Crippen molar-refractivity contribution < 1.29 is 0 Å². The van der Waals surface area contributed by atoms with E-state index in [2.05, 4.69) is 38.5 Å². The van der Waals surface area contributed by atoms with Gasteiger partial charge < -0.3 is 0 Å². The van der Waals surface area contributed by atoms with E-state index in [0.717, 1.165) is 15.5 Å². The summed E-state index contributed by atoms with van der Waals surface area (Å²) in [6, 6.07) is 4.16. The van der Waals surface area contributed by atoms with E-state index in [1.165, 1.54) is 5.56 Å². The number of halogens is 1. The van der Waals surface area contributed by atoms with Crippen molar-refractivity contribution in [2.75, 3.05) is 0 Å². The summed E-state index contributed by atoms with van der Waals surface area (Å²) in [5, 5.41) is 0.841. The first kappa shape index (κ1) is 12.9. The Morgan fingerprint density at radius 1 is 1.20 bits per heavy atom. The van der Waals surface area contributed by atoms with Gasteiger partial charge in [-0.05, 0) is 69.8 Å². The fourth-order valence-electron chi connectivity index (χ4n) is 1.06. The maximum absolute atomic E-state index is 6.13. The van der Waals surface area contributed by atoms with Gasteiger partial charge in [0.25, 0.3) is 0 Å². The summed E-state index contributed by atoms with van der Waals surface area (Å²) < 4.78 is 3.37. The largest absolute Gasteiger partial charge is 0.255 e. The van der Waals surface area contributed by atoms with Gasteiger partial charge in [-0.2, -0.15) is 0 Å². The summed E-state index contributed by atoms with van der Waals surface area (Å²) in [4.78, 5) is 1.16. The van der Waals surface area contributed by atoms with Crippen molar-refractivity contribution in [2.45, 2.75) is 45.1 Å². The van der Waals surface area contributed by atoms with Crippen molar-refractivity contribution in [2.24, 2.45) is 0 Å². The van der Waals surface area contributed by atoms with Crippen LogP contribution in [0, 0.1) is 13.8 Å². The highest BCUT2D eigenvalue weighted by atomic mass is 35.5. The van der Waals surface area contributed by atoms with Gasteiger partial charge in [0.2, 0.25) is 0 Å². The predicted octanol–water partition coefficient (Wildman–Crippen LogP) is 4.35. The molecule has 0 aliphatic heterocycles. The number of benzene rings is 1. The van der Waals surface area contributed by atoms with Crippen molar-refractivity contribution in [3.63, 3.8) is 0 Å². The standard InChI is InChI=1S/C12H18ClNS/c1-8-6-10(7-11(13)9(8)2)15-14-12(3,4)5/h6-7,14H,1-5H3. The van der Waals surface area contributed by atoms with Gasteiger partial charge in [0.15, 0.2) is 0 Å². The highest BCUT2D eigenvalue weighted by Crippen LogP contribution is 2.27. The highest BCUT2D eigenvalue weighted by Gasteiger charge is 2.10. The molecule has 0 amide bonds. The van der Waals surface area contributed by atoms with E-state index in [1.807, 2.05) is 13.0 Å². The van der Waals surface area contributed by atoms with Crippen molar-refractivity contribution >= 4 is 23.5 Å². The minimum absolute atomic E-state index is 0.107. The minimum Gasteiger partial charge on any atom is -0.255 e. The Bertz CT molecular complexity index is 332. The van der Waals surface area contributed by atoms with Gasteiger partial charge in [0.1, 0.15) is 0 Å². The number of nitrogens with one attached hydrogen (secondary N) is 1. The normalized spacial score (nSPS) is 11.9. The van der Waals surface area contributed by atoms with E-state index >= 15 is 0 Å². The van der Waals surface area contributed by atoms with Crippen molar-refractivity contribution in [1.29, 1.82) is 0 Å². The van der Waals surface area contributed by atoms with Gasteiger partial charge in [-0.25, -0.2) is 0 Å². The average Bonchev–Trinajstić information content (AvgIpc) is 2.09. The molecular formula is C12H18ClNS. The van der Waals surface area contributed by atoms with E-state index in [1.54, 1.807) is 11.9 Å². The molecule has 84 valence electrons. The summed E-state index contributed by atoms with van der Waals surface area (Å²) in [5.74, 6) is 0. The molecule has 1 nitrogen and oxygen atoms in total. The molecule has 3 heteroatoms. The lowest BCUT2D eigenvalue weighted by Crippen LogP contribution is -2.29. The lowest BCUT2D eigenvalue weighted by Gasteiger charge is -2.19. The monoisotopic (exact) mass is 243 g/mol. The summed E-state index contributed by atoms with van der Waals surface area (Å²) in [7, 11) is 0. The molecule has 0 radical (unpaired) electrons. The van der Waals surface area contributed by atoms with Gasteiger partial charge in [-0.1, -0.05) is 11.6 Å². The lowest BCUT2D eigenvalue weighted by molar-refractivity contribution is 0.535. The molecule has 0 saturated carbocycles. The SMILES string of the molecule is Cc1cc(SNC(C)(C)C)cc(Cl)c1C. The first-order valence-corrected chi connectivity index (χ1v) is 6.20. The molecule has 0 atom stereocenters. The highest BCUT2D eigenvalue weighted by molar-refractivity contribution is 7.97. The van der Waals surface area contributed by atoms with Crippen LogP contribution < -0.4 is 4.72 Å². The van der Waals surface area contributed by atoms with Crippen LogP contribution in [-0.2, 0) is 0 Å². The Morgan fingerprint density at radius 2 is 1.80 bits per heavy atom. The number of rotatable bonds is 2. The maximum Gasteiger partial charge on any atom is 0.0449 e. The van der Waals surface area contributed by atoms with Gasteiger partial charge in [-0.15, -0.1) is 0 Å². The number of aryl methyl sites for hydroxylation is 1. The second-order valence-electron chi connectivity index (χ2n) is 4.80. The zero-order chi connectivity index (χ0) is 11.6. The first-order valence-electron chi connectivity index (χ1n) is 5.00. The minimum atomic E-state index is 0.107. The van der Waals surface area contributed by atoms with Crippen molar-refractivity contribution in [3.8, 4) is 0 Å². The van der Waals surface area contributed by atoms with Crippen LogP contribution in [0.15, 0.2) is 17.0 Å². The third-order valence-electron chi connectivity index (χ3n) is 2.05. The molecule has 0 unspecified atom stereocenters. The Labute approximate surface area is 102 Å². The molecule has 15 heavy (non-hydrogen) atoms. The molecule has 0 spiro atoms. The molecule has 0 aliphatic carbocycles. The molecule has 0 aliphatic rings. The molecule has 0 heterocycles. The molecule has 1 aromatic rings. The smallest absolute Gasteiger partial charge is 0.0449 e. The zero-order valence-electron chi connectivity index (χ0n) is 9.94. The van der Waals surface area contributed by atoms with E-state index in [4.69, 9.17) is 11.6 Å². The molecule has 1 N–H and O–H groups in total. The van der Waals surface area contributed by atoms with Gasteiger partial charge >= 0.3 is 0 Å². The van der Waals surface area contributed by atoms with E-state index in [-0.39, 0.29) is 5.54 Å². The molecule has 0 fully saturated rings. The van der Waals surface area contributed by atoms with Crippen LogP contribution in [-0.4, -0.2) is 5.54 Å². The predicted molar refractivity (Wildman–Crippen MR) is 69.7 cm³/mol. The molecule has 0 bridgehead atoms. The van der Waals surface area contributed by atoms with Crippen LogP contribution in [0.1, 0.15) is 31.9 Å². The van der Waals surface area contributed by atoms with Crippen LogP contribution in [0.5, 0.6) is 0 Å². The van der Waals surface area contributed by atoms with E-state index < -0.39 is 0 Å². The topological polar surface area (TPSA) is 12.0 Å². The zero-order valence-corrected chi connectivity index (χ0v) is 11.5. The Morgan fingerprint density at radius 3 is 2.27 bits per heavy atom. The van der Waals surface area contributed by atoms with Crippen LogP contribution in [0.3, 0.4) is 0 Å². The maximum atomic E-state index is 6.13. The van der Waals surface area contributed by atoms with Crippen molar-refractivity contribution in [3.05, 3.63) is 28.3 Å². The summed E-state index contributed by atoms with van der Waals surface area (Å²) >= 11 is 7.76. The fraction of sp³-hybridized carbons (Fsp3) is 0.500. The van der Waals surface area contributed by atoms with E-state index in [9.17, 15) is 0 Å². The third-order valence-corrected chi connectivity index (χ3v) is 3.63. The second kappa shape index (κ2) is 4.77. The summed E-state index contributed by atoms with van der Waals surface area (Å²) in [6.45, 7) is 10.6. The Hall–Kier alpha value is -0.180. The van der Waals surface area contributed by atoms with Crippen molar-refractivity contribution in [1.82, 2.24) is 4.72 Å². The van der Waals surface area contributed by atoms with Gasteiger partial charge in [-0.3, -0.25) is 4.72 Å². The number of hydrogen-bond donors (Lipinski definition) is 1. The Kier molecular flexibility index (Phi) is 4.10. The molecular weight excluding hydrogens is 226 g/mol. The Balaban J connectivity index is 2.80. The van der Waals surface area contributed by atoms with Crippen LogP contribution >= 0.6 is 23.5 Å². The quantitative estimate of drug-likeness (QED) is 0.775. The van der Waals surface area contributed by atoms with Gasteiger partial charge in [0.05, 0.1) is 0 Å². The number of hydrogen-bond acceptors (Lipinski definition) is 2. The van der Waals surface area contributed by atoms with Gasteiger partial charge in [0, 0.05) is 15.5 Å². The molecule has 1 rings (SSSR count). The summed E-state index contributed by atoms with van der Waals surface area (Å²) in [5.41, 5.74) is 2.51. The fourth-order valence-corrected chi connectivity index (χ4v) is 2.22. The average molecular weight is 244 g/mol. The first-order chi connectivity index (χ1) is 6.79.